The van der Waals surface area contributed by atoms with Crippen molar-refractivity contribution in [2.24, 2.45) is 35.5 Å². The summed E-state index contributed by atoms with van der Waals surface area (Å²) in [5, 5.41) is 5.78. The SMILES string of the molecule is O=C(Nc1cccc(NC(=O)C2C[C@H]3CCC[C@@H](C2)C3=O)n1)C1C[C@H]2CCC[C@@H](C1)C2=O. The molecule has 5 rings (SSSR count). The highest BCUT2D eigenvalue weighted by molar-refractivity contribution is 5.96. The van der Waals surface area contributed by atoms with Crippen LogP contribution in [0.1, 0.15) is 64.2 Å². The number of nitrogens with one attached hydrogen (secondary N) is 2. The highest BCUT2D eigenvalue weighted by Gasteiger charge is 2.42. The van der Waals surface area contributed by atoms with Crippen molar-refractivity contribution < 1.29 is 19.2 Å². The van der Waals surface area contributed by atoms with Gasteiger partial charge in [-0.2, -0.15) is 0 Å². The number of ketones is 2. The Morgan fingerprint density at radius 2 is 1.06 bits per heavy atom. The molecule has 4 saturated carbocycles. The van der Waals surface area contributed by atoms with E-state index in [0.717, 1.165) is 38.5 Å². The van der Waals surface area contributed by atoms with Crippen molar-refractivity contribution in [3.63, 3.8) is 0 Å². The van der Waals surface area contributed by atoms with Crippen molar-refractivity contribution >= 4 is 35.0 Å². The fourth-order valence-corrected chi connectivity index (χ4v) is 6.42. The van der Waals surface area contributed by atoms with Gasteiger partial charge in [0.1, 0.15) is 23.2 Å². The Morgan fingerprint density at radius 3 is 1.44 bits per heavy atom. The molecule has 4 aliphatic rings. The summed E-state index contributed by atoms with van der Waals surface area (Å²) in [7, 11) is 0. The van der Waals surface area contributed by atoms with E-state index in [4.69, 9.17) is 0 Å². The van der Waals surface area contributed by atoms with E-state index in [1.54, 1.807) is 18.2 Å². The first-order valence-electron chi connectivity index (χ1n) is 12.1. The van der Waals surface area contributed by atoms with Crippen molar-refractivity contribution in [3.05, 3.63) is 18.2 Å². The van der Waals surface area contributed by atoms with Crippen LogP contribution in [0.15, 0.2) is 18.2 Å². The van der Waals surface area contributed by atoms with Gasteiger partial charge in [0, 0.05) is 35.5 Å². The maximum atomic E-state index is 12.8. The topological polar surface area (TPSA) is 105 Å². The molecule has 4 fully saturated rings. The second kappa shape index (κ2) is 8.75. The molecule has 1 aromatic rings. The van der Waals surface area contributed by atoms with Gasteiger partial charge in [-0.15, -0.1) is 0 Å². The van der Waals surface area contributed by atoms with Gasteiger partial charge in [-0.3, -0.25) is 19.2 Å². The van der Waals surface area contributed by atoms with Crippen molar-refractivity contribution in [1.29, 1.82) is 0 Å². The second-order valence-electron chi connectivity index (χ2n) is 10.2. The van der Waals surface area contributed by atoms with Crippen molar-refractivity contribution in [3.8, 4) is 0 Å². The fourth-order valence-electron chi connectivity index (χ4n) is 6.42. The lowest BCUT2D eigenvalue weighted by Gasteiger charge is -2.37. The maximum Gasteiger partial charge on any atom is 0.228 e. The predicted octanol–water partition coefficient (Wildman–Crippen LogP) is 3.75. The van der Waals surface area contributed by atoms with E-state index < -0.39 is 0 Å². The molecule has 0 spiro atoms. The number of carbonyl (C=O) groups excluding carboxylic acids is 4. The molecule has 1 heterocycles. The third-order valence-corrected chi connectivity index (χ3v) is 8.09. The number of Topliss-reactive ketones (excluding diaryl/α,β-unsaturated/α-hetero) is 2. The summed E-state index contributed by atoms with van der Waals surface area (Å²) in [6.45, 7) is 0. The molecule has 2 N–H and O–H groups in total. The normalized spacial score (nSPS) is 34.0. The van der Waals surface area contributed by atoms with Gasteiger partial charge in [0.2, 0.25) is 11.8 Å². The summed E-state index contributed by atoms with van der Waals surface area (Å²) in [4.78, 5) is 54.7. The molecular weight excluding hydrogens is 406 g/mol. The van der Waals surface area contributed by atoms with Gasteiger partial charge in [-0.05, 0) is 63.5 Å². The highest BCUT2D eigenvalue weighted by atomic mass is 16.2. The number of carbonyl (C=O) groups is 4. The number of amides is 2. The minimum Gasteiger partial charge on any atom is -0.310 e. The average Bonchev–Trinajstić information content (AvgIpc) is 2.73. The van der Waals surface area contributed by atoms with Gasteiger partial charge in [0.25, 0.3) is 0 Å². The monoisotopic (exact) mass is 437 g/mol. The first-order chi connectivity index (χ1) is 15.5. The average molecular weight is 438 g/mol. The summed E-state index contributed by atoms with van der Waals surface area (Å²) >= 11 is 0. The summed E-state index contributed by atoms with van der Waals surface area (Å²) in [5.74, 6) is 1.09. The van der Waals surface area contributed by atoms with E-state index in [0.29, 0.717) is 48.9 Å². The van der Waals surface area contributed by atoms with E-state index >= 15 is 0 Å². The van der Waals surface area contributed by atoms with Crippen LogP contribution >= 0.6 is 0 Å². The van der Waals surface area contributed by atoms with E-state index in [1.165, 1.54) is 0 Å². The fraction of sp³-hybridized carbons (Fsp3) is 0.640. The lowest BCUT2D eigenvalue weighted by atomic mass is 9.67. The van der Waals surface area contributed by atoms with Crippen LogP contribution in [0, 0.1) is 35.5 Å². The molecule has 2 amide bonds. The minimum atomic E-state index is -0.165. The van der Waals surface area contributed by atoms with E-state index in [2.05, 4.69) is 15.6 Å². The third kappa shape index (κ3) is 4.21. The molecular formula is C25H31N3O4. The Kier molecular flexibility index (Phi) is 5.82. The zero-order valence-electron chi connectivity index (χ0n) is 18.3. The molecule has 0 saturated heterocycles. The first kappa shape index (κ1) is 21.3. The van der Waals surface area contributed by atoms with Gasteiger partial charge < -0.3 is 10.6 Å². The molecule has 0 aliphatic heterocycles. The van der Waals surface area contributed by atoms with Gasteiger partial charge in [0.15, 0.2) is 0 Å². The molecule has 2 unspecified atom stereocenters. The molecule has 7 nitrogen and oxygen atoms in total. The van der Waals surface area contributed by atoms with E-state index in [1.807, 2.05) is 0 Å². The zero-order valence-corrected chi connectivity index (χ0v) is 18.3. The van der Waals surface area contributed by atoms with Crippen LogP contribution in [-0.4, -0.2) is 28.4 Å². The quantitative estimate of drug-likeness (QED) is 0.746. The number of hydrogen-bond acceptors (Lipinski definition) is 5. The molecule has 0 aromatic carbocycles. The summed E-state index contributed by atoms with van der Waals surface area (Å²) in [5.41, 5.74) is 0. The lowest BCUT2D eigenvalue weighted by Crippen LogP contribution is -2.41. The maximum absolute atomic E-state index is 12.8. The number of fused-ring (bicyclic) bond motifs is 4. The van der Waals surface area contributed by atoms with Crippen LogP contribution in [-0.2, 0) is 19.2 Å². The van der Waals surface area contributed by atoms with Crippen molar-refractivity contribution in [2.45, 2.75) is 64.2 Å². The van der Waals surface area contributed by atoms with Crippen molar-refractivity contribution in [1.82, 2.24) is 4.98 Å². The number of aromatic nitrogens is 1. The van der Waals surface area contributed by atoms with Crippen LogP contribution in [0.5, 0.6) is 0 Å². The van der Waals surface area contributed by atoms with Gasteiger partial charge in [-0.25, -0.2) is 4.98 Å². The van der Waals surface area contributed by atoms with Gasteiger partial charge in [-0.1, -0.05) is 18.9 Å². The number of rotatable bonds is 4. The zero-order chi connectivity index (χ0) is 22.2. The molecule has 170 valence electrons. The Morgan fingerprint density at radius 1 is 0.688 bits per heavy atom. The first-order valence-corrected chi connectivity index (χ1v) is 12.1. The molecule has 6 atom stereocenters. The summed E-state index contributed by atoms with van der Waals surface area (Å²) in [6, 6.07) is 5.19. The molecule has 4 aliphatic carbocycles. The standard InChI is InChI=1S/C25H31N3O4/c29-22-14-4-1-5-15(22)11-18(10-14)24(31)27-20-8-3-9-21(26-20)28-25(32)19-12-16-6-2-7-17(13-19)23(16)30/h3,8-9,14-19H,1-2,4-7,10-13H2,(H2,26,27,28,31,32)/t14-,15+,16-,17+,18?,19?. The van der Waals surface area contributed by atoms with Crippen LogP contribution in [0.3, 0.4) is 0 Å². The predicted molar refractivity (Wildman–Crippen MR) is 119 cm³/mol. The highest BCUT2D eigenvalue weighted by Crippen LogP contribution is 2.41. The molecule has 4 bridgehead atoms. The molecule has 32 heavy (non-hydrogen) atoms. The van der Waals surface area contributed by atoms with E-state index in [-0.39, 0.29) is 47.3 Å². The number of anilines is 2. The van der Waals surface area contributed by atoms with Crippen LogP contribution in [0.4, 0.5) is 11.6 Å². The van der Waals surface area contributed by atoms with Gasteiger partial charge in [0.05, 0.1) is 0 Å². The number of pyridine rings is 1. The summed E-state index contributed by atoms with van der Waals surface area (Å²) < 4.78 is 0. The second-order valence-corrected chi connectivity index (χ2v) is 10.2. The number of hydrogen-bond donors (Lipinski definition) is 2. The lowest BCUT2D eigenvalue weighted by molar-refractivity contribution is -0.137. The van der Waals surface area contributed by atoms with E-state index in [9.17, 15) is 19.2 Å². The summed E-state index contributed by atoms with van der Waals surface area (Å²) in [6.07, 6.45) is 8.24. The Bertz CT molecular complexity index is 842. The van der Waals surface area contributed by atoms with Crippen LogP contribution in [0.2, 0.25) is 0 Å². The molecule has 0 radical (unpaired) electrons. The minimum absolute atomic E-state index is 0.0266. The van der Waals surface area contributed by atoms with Gasteiger partial charge >= 0.3 is 0 Å². The molecule has 7 heteroatoms. The smallest absolute Gasteiger partial charge is 0.228 e. The van der Waals surface area contributed by atoms with Crippen LogP contribution < -0.4 is 10.6 Å². The Hall–Kier alpha value is -2.57. The Labute approximate surface area is 188 Å². The Balaban J connectivity index is 1.19. The molecule has 1 aromatic heterocycles. The third-order valence-electron chi connectivity index (χ3n) is 8.09. The van der Waals surface area contributed by atoms with Crippen LogP contribution in [0.25, 0.3) is 0 Å². The number of nitrogens with zero attached hydrogens (tertiary/aromatic N) is 1. The largest absolute Gasteiger partial charge is 0.310 e. The van der Waals surface area contributed by atoms with Crippen molar-refractivity contribution in [2.75, 3.05) is 10.6 Å².